The van der Waals surface area contributed by atoms with E-state index in [-0.39, 0.29) is 0 Å². The van der Waals surface area contributed by atoms with Gasteiger partial charge in [0.2, 0.25) is 0 Å². The van der Waals surface area contributed by atoms with Crippen LogP contribution in [-0.4, -0.2) is 11.1 Å². The molecule has 1 aliphatic heterocycles. The summed E-state index contributed by atoms with van der Waals surface area (Å²) in [5.41, 5.74) is 2.66. The maximum atomic E-state index is 5.88. The second-order valence-electron chi connectivity index (χ2n) is 4.23. The van der Waals surface area contributed by atoms with Gasteiger partial charge in [0.05, 0.1) is 6.04 Å². The van der Waals surface area contributed by atoms with Crippen LogP contribution in [0, 0.1) is 5.92 Å². The quantitative estimate of drug-likeness (QED) is 0.763. The van der Waals surface area contributed by atoms with Crippen molar-refractivity contribution in [2.75, 3.05) is 0 Å². The summed E-state index contributed by atoms with van der Waals surface area (Å²) in [5, 5.41) is 1.83. The monoisotopic (exact) mass is 202 g/mol. The van der Waals surface area contributed by atoms with Crippen LogP contribution in [0.15, 0.2) is 36.5 Å². The van der Waals surface area contributed by atoms with Crippen molar-refractivity contribution in [2.24, 2.45) is 11.8 Å². The number of hydrogen-bond acceptors (Lipinski definition) is 2. The van der Waals surface area contributed by atoms with Crippen LogP contribution in [0.2, 0.25) is 0 Å². The Bertz CT molecular complexity index is 356. The van der Waals surface area contributed by atoms with Crippen molar-refractivity contribution in [2.45, 2.75) is 26.3 Å². The fourth-order valence-corrected chi connectivity index (χ4v) is 2.10. The second-order valence-corrected chi connectivity index (χ2v) is 4.23. The number of benzene rings is 1. The van der Waals surface area contributed by atoms with E-state index in [1.54, 1.807) is 0 Å². The molecule has 2 heteroatoms. The van der Waals surface area contributed by atoms with Gasteiger partial charge in [-0.2, -0.15) is 0 Å². The van der Waals surface area contributed by atoms with E-state index in [4.69, 9.17) is 5.84 Å². The van der Waals surface area contributed by atoms with Crippen molar-refractivity contribution in [1.29, 1.82) is 0 Å². The van der Waals surface area contributed by atoms with Gasteiger partial charge in [-0.25, -0.2) is 5.84 Å². The maximum absolute atomic E-state index is 5.88. The predicted molar refractivity (Wildman–Crippen MR) is 63.7 cm³/mol. The zero-order valence-electron chi connectivity index (χ0n) is 9.35. The Morgan fingerprint density at radius 2 is 2.00 bits per heavy atom. The molecule has 0 bridgehead atoms. The lowest BCUT2D eigenvalue weighted by Gasteiger charge is -2.41. The molecule has 0 fully saturated rings. The summed E-state index contributed by atoms with van der Waals surface area (Å²) in [6.45, 7) is 4.46. The second kappa shape index (κ2) is 4.07. The molecule has 15 heavy (non-hydrogen) atoms. The molecule has 0 aliphatic carbocycles. The van der Waals surface area contributed by atoms with Gasteiger partial charge in [-0.1, -0.05) is 50.6 Å². The van der Waals surface area contributed by atoms with E-state index >= 15 is 0 Å². The third-order valence-electron chi connectivity index (χ3n) is 3.22. The molecule has 1 aromatic carbocycles. The minimum absolute atomic E-state index is 0.386. The molecule has 1 heterocycles. The molecule has 0 saturated carbocycles. The smallest absolute Gasteiger partial charge is 0.0740 e. The first-order valence-corrected chi connectivity index (χ1v) is 5.54. The Morgan fingerprint density at radius 3 is 2.53 bits per heavy atom. The van der Waals surface area contributed by atoms with Crippen LogP contribution in [0.1, 0.15) is 25.8 Å². The highest BCUT2D eigenvalue weighted by molar-refractivity contribution is 5.73. The molecule has 0 amide bonds. The van der Waals surface area contributed by atoms with Crippen molar-refractivity contribution < 1.29 is 0 Å². The first kappa shape index (κ1) is 10.2. The number of hydrazine groups is 1. The summed E-state index contributed by atoms with van der Waals surface area (Å²) in [6.07, 6.45) is 3.19. The predicted octanol–water partition coefficient (Wildman–Crippen LogP) is 2.63. The minimum Gasteiger partial charge on any atom is -0.310 e. The van der Waals surface area contributed by atoms with Crippen LogP contribution in [0.3, 0.4) is 0 Å². The van der Waals surface area contributed by atoms with Crippen LogP contribution in [0.5, 0.6) is 0 Å². The molecule has 0 spiro atoms. The van der Waals surface area contributed by atoms with Gasteiger partial charge in [0.15, 0.2) is 0 Å². The molecule has 2 N–H and O–H groups in total. The van der Waals surface area contributed by atoms with Gasteiger partial charge < -0.3 is 5.01 Å². The van der Waals surface area contributed by atoms with E-state index in [2.05, 4.69) is 38.1 Å². The average molecular weight is 202 g/mol. The molecule has 80 valence electrons. The fraction of sp³-hybridized carbons (Fsp3) is 0.385. The van der Waals surface area contributed by atoms with Gasteiger partial charge in [0, 0.05) is 11.8 Å². The zero-order chi connectivity index (χ0) is 10.8. The van der Waals surface area contributed by atoms with Gasteiger partial charge in [-0.05, 0) is 11.5 Å². The van der Waals surface area contributed by atoms with Crippen molar-refractivity contribution in [3.8, 4) is 0 Å². The molecule has 0 saturated heterocycles. The van der Waals surface area contributed by atoms with E-state index in [1.807, 2.05) is 17.3 Å². The number of nitrogens with zero attached hydrogens (tertiary/aromatic N) is 1. The van der Waals surface area contributed by atoms with E-state index in [0.29, 0.717) is 12.0 Å². The van der Waals surface area contributed by atoms with Crippen LogP contribution in [-0.2, 0) is 0 Å². The molecular weight excluding hydrogens is 184 g/mol. The molecule has 1 aromatic rings. The zero-order valence-corrected chi connectivity index (χ0v) is 9.35. The Hall–Kier alpha value is -1.28. The number of rotatable bonds is 3. The number of hydrogen-bond donors (Lipinski definition) is 1. The summed E-state index contributed by atoms with van der Waals surface area (Å²) < 4.78 is 0. The fourth-order valence-electron chi connectivity index (χ4n) is 2.10. The summed E-state index contributed by atoms with van der Waals surface area (Å²) in [5.74, 6) is 6.49. The SMILES string of the molecule is CCC(C)C1C(c2ccccc2)=CN1N. The van der Waals surface area contributed by atoms with Crippen LogP contribution < -0.4 is 5.84 Å². The highest BCUT2D eigenvalue weighted by atomic mass is 15.4. The van der Waals surface area contributed by atoms with E-state index in [1.165, 1.54) is 11.1 Å². The Labute approximate surface area is 91.4 Å². The van der Waals surface area contributed by atoms with Crippen LogP contribution in [0.25, 0.3) is 5.57 Å². The Kier molecular flexibility index (Phi) is 2.78. The summed E-state index contributed by atoms with van der Waals surface area (Å²) in [7, 11) is 0. The van der Waals surface area contributed by atoms with Crippen molar-refractivity contribution in [3.63, 3.8) is 0 Å². The van der Waals surface area contributed by atoms with Gasteiger partial charge in [0.1, 0.15) is 0 Å². The highest BCUT2D eigenvalue weighted by Crippen LogP contribution is 2.35. The van der Waals surface area contributed by atoms with Gasteiger partial charge >= 0.3 is 0 Å². The topological polar surface area (TPSA) is 29.3 Å². The van der Waals surface area contributed by atoms with Crippen LogP contribution >= 0.6 is 0 Å². The van der Waals surface area contributed by atoms with E-state index < -0.39 is 0 Å². The van der Waals surface area contributed by atoms with Crippen LogP contribution in [0.4, 0.5) is 0 Å². The third kappa shape index (κ3) is 1.77. The van der Waals surface area contributed by atoms with Crippen molar-refractivity contribution in [3.05, 3.63) is 42.1 Å². The third-order valence-corrected chi connectivity index (χ3v) is 3.22. The molecule has 0 aromatic heterocycles. The van der Waals surface area contributed by atoms with Crippen molar-refractivity contribution >= 4 is 5.57 Å². The maximum Gasteiger partial charge on any atom is 0.0740 e. The standard InChI is InChI=1S/C13H18N2/c1-3-10(2)13-12(9-15(13)14)11-7-5-4-6-8-11/h4-10,13H,3,14H2,1-2H3. The molecule has 0 radical (unpaired) electrons. The lowest BCUT2D eigenvalue weighted by molar-refractivity contribution is 0.230. The van der Waals surface area contributed by atoms with E-state index in [9.17, 15) is 0 Å². The normalized spacial score (nSPS) is 21.9. The molecule has 2 unspecified atom stereocenters. The molecular formula is C13H18N2. The van der Waals surface area contributed by atoms with Crippen molar-refractivity contribution in [1.82, 2.24) is 5.01 Å². The lowest BCUT2D eigenvalue weighted by atomic mass is 9.84. The lowest BCUT2D eigenvalue weighted by Crippen LogP contribution is -2.48. The summed E-state index contributed by atoms with van der Waals surface area (Å²) in [4.78, 5) is 0. The van der Waals surface area contributed by atoms with Gasteiger partial charge in [-0.3, -0.25) is 0 Å². The first-order chi connectivity index (χ1) is 7.24. The number of nitrogens with two attached hydrogens (primary N) is 1. The van der Waals surface area contributed by atoms with Gasteiger partial charge in [0.25, 0.3) is 0 Å². The first-order valence-electron chi connectivity index (χ1n) is 5.54. The molecule has 2 rings (SSSR count). The Balaban J connectivity index is 2.22. The van der Waals surface area contributed by atoms with Gasteiger partial charge in [-0.15, -0.1) is 0 Å². The summed E-state index contributed by atoms with van der Waals surface area (Å²) in [6, 6.07) is 10.9. The van der Waals surface area contributed by atoms with E-state index in [0.717, 1.165) is 6.42 Å². The highest BCUT2D eigenvalue weighted by Gasteiger charge is 2.32. The molecule has 1 aliphatic rings. The largest absolute Gasteiger partial charge is 0.310 e. The Morgan fingerprint density at radius 1 is 1.33 bits per heavy atom. The summed E-state index contributed by atoms with van der Waals surface area (Å²) >= 11 is 0. The molecule has 2 atom stereocenters. The minimum atomic E-state index is 0.386. The molecule has 2 nitrogen and oxygen atoms in total. The average Bonchev–Trinajstić information content (AvgIpc) is 2.26.